The first kappa shape index (κ1) is 15.3. The van der Waals surface area contributed by atoms with E-state index in [2.05, 4.69) is 21.2 Å². The van der Waals surface area contributed by atoms with Crippen molar-refractivity contribution in [1.82, 2.24) is 5.32 Å². The number of halogens is 1. The number of amides is 1. The molecule has 2 aromatic rings. The molecule has 0 bridgehead atoms. The highest BCUT2D eigenvalue weighted by molar-refractivity contribution is 9.10. The Morgan fingerprint density at radius 2 is 2.15 bits per heavy atom. The first-order valence-electron chi connectivity index (χ1n) is 6.50. The molecule has 108 valence electrons. The Hall–Kier alpha value is -1.11. The van der Waals surface area contributed by atoms with Gasteiger partial charge in [0.2, 0.25) is 0 Å². The van der Waals surface area contributed by atoms with Gasteiger partial charge >= 0.3 is 0 Å². The van der Waals surface area contributed by atoms with Gasteiger partial charge in [-0.15, -0.1) is 11.3 Å². The molecule has 0 radical (unpaired) electrons. The molecule has 6 heteroatoms. The largest absolute Gasteiger partial charge is 0.397 e. The third-order valence-corrected chi connectivity index (χ3v) is 4.69. The summed E-state index contributed by atoms with van der Waals surface area (Å²) in [4.78, 5) is 12.7. The minimum atomic E-state index is -0.121. The number of hydrogen-bond acceptors (Lipinski definition) is 4. The van der Waals surface area contributed by atoms with Crippen LogP contribution in [0, 0.1) is 0 Å². The molecular formula is C14H17BrN2O2S. The predicted octanol–water partition coefficient (Wildman–Crippen LogP) is 3.14. The maximum Gasteiger partial charge on any atom is 0.263 e. The van der Waals surface area contributed by atoms with Crippen molar-refractivity contribution in [2.24, 2.45) is 0 Å². The quantitative estimate of drug-likeness (QED) is 0.696. The number of benzene rings is 1. The van der Waals surface area contributed by atoms with E-state index < -0.39 is 0 Å². The number of carbonyl (C=O) groups excluding carboxylic acids is 1. The molecule has 20 heavy (non-hydrogen) atoms. The van der Waals surface area contributed by atoms with Crippen LogP contribution >= 0.6 is 27.3 Å². The Balaban J connectivity index is 2.05. The van der Waals surface area contributed by atoms with Gasteiger partial charge in [-0.25, -0.2) is 0 Å². The van der Waals surface area contributed by atoms with Gasteiger partial charge in [-0.05, 0) is 37.5 Å². The van der Waals surface area contributed by atoms with Gasteiger partial charge in [0.15, 0.2) is 0 Å². The van der Waals surface area contributed by atoms with Crippen LogP contribution in [0.3, 0.4) is 0 Å². The van der Waals surface area contributed by atoms with Gasteiger partial charge in [0.1, 0.15) is 4.88 Å². The van der Waals surface area contributed by atoms with Crippen LogP contribution in [0.2, 0.25) is 0 Å². The van der Waals surface area contributed by atoms with Crippen molar-refractivity contribution in [2.75, 3.05) is 18.9 Å². The molecule has 0 saturated carbocycles. The lowest BCUT2D eigenvalue weighted by atomic mass is 10.2. The second-order valence-electron chi connectivity index (χ2n) is 4.53. The van der Waals surface area contributed by atoms with Gasteiger partial charge in [-0.3, -0.25) is 4.79 Å². The van der Waals surface area contributed by atoms with Crippen molar-refractivity contribution in [1.29, 1.82) is 0 Å². The second kappa shape index (κ2) is 7.06. The van der Waals surface area contributed by atoms with Crippen molar-refractivity contribution >= 4 is 48.9 Å². The van der Waals surface area contributed by atoms with Crippen molar-refractivity contribution in [3.8, 4) is 0 Å². The van der Waals surface area contributed by atoms with Crippen molar-refractivity contribution in [3.05, 3.63) is 27.5 Å². The number of hydrogen-bond donors (Lipinski definition) is 3. The Bertz CT molecular complexity index is 612. The molecule has 1 amide bonds. The van der Waals surface area contributed by atoms with E-state index >= 15 is 0 Å². The highest BCUT2D eigenvalue weighted by Crippen LogP contribution is 2.35. The number of fused-ring (bicyclic) bond motifs is 1. The van der Waals surface area contributed by atoms with E-state index in [-0.39, 0.29) is 12.5 Å². The topological polar surface area (TPSA) is 75.4 Å². The second-order valence-corrected chi connectivity index (χ2v) is 6.49. The summed E-state index contributed by atoms with van der Waals surface area (Å²) in [5, 5.41) is 12.5. The lowest BCUT2D eigenvalue weighted by Gasteiger charge is -2.03. The first-order chi connectivity index (χ1) is 9.63. The fourth-order valence-electron chi connectivity index (χ4n) is 1.95. The number of aliphatic hydroxyl groups is 1. The lowest BCUT2D eigenvalue weighted by molar-refractivity contribution is 0.0958. The van der Waals surface area contributed by atoms with E-state index in [1.54, 1.807) is 0 Å². The number of carbonyl (C=O) groups is 1. The van der Waals surface area contributed by atoms with E-state index in [4.69, 9.17) is 10.8 Å². The minimum Gasteiger partial charge on any atom is -0.397 e. The van der Waals surface area contributed by atoms with Crippen LogP contribution in [0.4, 0.5) is 5.69 Å². The normalized spacial score (nSPS) is 10.9. The number of aliphatic hydroxyl groups excluding tert-OH is 1. The van der Waals surface area contributed by atoms with Gasteiger partial charge in [0.05, 0.1) is 5.69 Å². The highest BCUT2D eigenvalue weighted by atomic mass is 79.9. The zero-order chi connectivity index (χ0) is 14.5. The van der Waals surface area contributed by atoms with Crippen molar-refractivity contribution < 1.29 is 9.90 Å². The first-order valence-corrected chi connectivity index (χ1v) is 8.11. The van der Waals surface area contributed by atoms with E-state index in [1.165, 1.54) is 11.3 Å². The Morgan fingerprint density at radius 1 is 1.35 bits per heavy atom. The van der Waals surface area contributed by atoms with Crippen LogP contribution in [-0.4, -0.2) is 24.2 Å². The zero-order valence-corrected chi connectivity index (χ0v) is 13.4. The van der Waals surface area contributed by atoms with E-state index in [0.717, 1.165) is 33.8 Å². The fourth-order valence-corrected chi connectivity index (χ4v) is 3.33. The average Bonchev–Trinajstić information content (AvgIpc) is 2.76. The predicted molar refractivity (Wildman–Crippen MR) is 87.2 cm³/mol. The molecule has 1 aromatic heterocycles. The monoisotopic (exact) mass is 356 g/mol. The van der Waals surface area contributed by atoms with Crippen molar-refractivity contribution in [2.45, 2.75) is 19.3 Å². The summed E-state index contributed by atoms with van der Waals surface area (Å²) in [6.07, 6.45) is 2.54. The zero-order valence-electron chi connectivity index (χ0n) is 11.0. The van der Waals surface area contributed by atoms with Gasteiger partial charge < -0.3 is 16.2 Å². The number of nitrogens with one attached hydrogen (secondary N) is 1. The molecule has 0 fully saturated rings. The van der Waals surface area contributed by atoms with Crippen LogP contribution in [-0.2, 0) is 0 Å². The third-order valence-electron chi connectivity index (χ3n) is 3.02. The molecule has 0 atom stereocenters. The number of rotatable bonds is 6. The standard InChI is InChI=1S/C14H17BrN2O2S/c15-9-4-5-11-10(8-9)12(16)13(20-11)14(19)17-6-2-1-3-7-18/h4-5,8,18H,1-3,6-7,16H2,(H,17,19). The minimum absolute atomic E-state index is 0.121. The summed E-state index contributed by atoms with van der Waals surface area (Å²) in [7, 11) is 0. The van der Waals surface area contributed by atoms with E-state index in [9.17, 15) is 4.79 Å². The van der Waals surface area contributed by atoms with E-state index in [1.807, 2.05) is 18.2 Å². The molecule has 4 N–H and O–H groups in total. The molecule has 0 aliphatic carbocycles. The van der Waals surface area contributed by atoms with Crippen LogP contribution in [0.1, 0.15) is 28.9 Å². The van der Waals surface area contributed by atoms with Crippen LogP contribution in [0.5, 0.6) is 0 Å². The number of anilines is 1. The summed E-state index contributed by atoms with van der Waals surface area (Å²) in [6.45, 7) is 0.808. The molecule has 1 heterocycles. The van der Waals surface area contributed by atoms with Gasteiger partial charge in [-0.1, -0.05) is 15.9 Å². The molecule has 0 unspecified atom stereocenters. The average molecular weight is 357 g/mol. The van der Waals surface area contributed by atoms with Crippen molar-refractivity contribution in [3.63, 3.8) is 0 Å². The maximum atomic E-state index is 12.1. The molecule has 0 saturated heterocycles. The Kier molecular flexibility index (Phi) is 5.39. The van der Waals surface area contributed by atoms with Crippen LogP contribution in [0.25, 0.3) is 10.1 Å². The van der Waals surface area contributed by atoms with Crippen LogP contribution in [0.15, 0.2) is 22.7 Å². The summed E-state index contributed by atoms with van der Waals surface area (Å²) in [5.74, 6) is -0.121. The molecular weight excluding hydrogens is 340 g/mol. The molecule has 1 aromatic carbocycles. The van der Waals surface area contributed by atoms with Gasteiger partial charge in [-0.2, -0.15) is 0 Å². The maximum absolute atomic E-state index is 12.1. The number of nitrogen functional groups attached to an aromatic ring is 1. The highest BCUT2D eigenvalue weighted by Gasteiger charge is 2.15. The molecule has 2 rings (SSSR count). The SMILES string of the molecule is Nc1c(C(=O)NCCCCCO)sc2ccc(Br)cc12. The molecule has 0 aliphatic heterocycles. The number of thiophene rings is 1. The molecule has 4 nitrogen and oxygen atoms in total. The summed E-state index contributed by atoms with van der Waals surface area (Å²) >= 11 is 4.82. The fraction of sp³-hybridized carbons (Fsp3) is 0.357. The van der Waals surface area contributed by atoms with Gasteiger partial charge in [0.25, 0.3) is 5.91 Å². The number of unbranched alkanes of at least 4 members (excludes halogenated alkanes) is 2. The Morgan fingerprint density at radius 3 is 2.90 bits per heavy atom. The summed E-state index contributed by atoms with van der Waals surface area (Å²) in [5.41, 5.74) is 6.60. The third kappa shape index (κ3) is 3.50. The molecule has 0 aliphatic rings. The lowest BCUT2D eigenvalue weighted by Crippen LogP contribution is -2.24. The summed E-state index contributed by atoms with van der Waals surface area (Å²) < 4.78 is 1.96. The number of nitrogens with two attached hydrogens (primary N) is 1. The van der Waals surface area contributed by atoms with Gasteiger partial charge in [0, 0.05) is 27.7 Å². The molecule has 0 spiro atoms. The smallest absolute Gasteiger partial charge is 0.263 e. The van der Waals surface area contributed by atoms with E-state index in [0.29, 0.717) is 17.1 Å². The summed E-state index contributed by atoms with van der Waals surface area (Å²) in [6, 6.07) is 5.83. The van der Waals surface area contributed by atoms with Crippen LogP contribution < -0.4 is 11.1 Å². The Labute approximate surface area is 130 Å².